The third-order valence-electron chi connectivity index (χ3n) is 6.08. The van der Waals surface area contributed by atoms with Crippen molar-refractivity contribution in [3.63, 3.8) is 0 Å². The predicted molar refractivity (Wildman–Crippen MR) is 111 cm³/mol. The molecular weight excluding hydrogens is 386 g/mol. The average Bonchev–Trinajstić information content (AvgIpc) is 3.39. The minimum absolute atomic E-state index is 0.00123. The van der Waals surface area contributed by atoms with Gasteiger partial charge in [0.2, 0.25) is 0 Å². The molecule has 6 nitrogen and oxygen atoms in total. The number of benzene rings is 2. The second-order valence-corrected chi connectivity index (χ2v) is 9.99. The minimum atomic E-state index is -3.31. The van der Waals surface area contributed by atoms with E-state index in [1.54, 1.807) is 17.9 Å². The van der Waals surface area contributed by atoms with Gasteiger partial charge in [-0.1, -0.05) is 24.3 Å². The highest BCUT2D eigenvalue weighted by molar-refractivity contribution is 7.92. The van der Waals surface area contributed by atoms with Gasteiger partial charge in [0.25, 0.3) is 0 Å². The Morgan fingerprint density at radius 2 is 1.97 bits per heavy atom. The molecule has 5 rings (SSSR count). The zero-order valence-corrected chi connectivity index (χ0v) is 17.3. The number of likely N-dealkylation sites (tertiary alicyclic amines) is 1. The Morgan fingerprint density at radius 1 is 1.14 bits per heavy atom. The number of nitrogens with zero attached hydrogens (tertiary/aromatic N) is 3. The van der Waals surface area contributed by atoms with E-state index in [4.69, 9.17) is 4.74 Å². The van der Waals surface area contributed by atoms with Gasteiger partial charge < -0.3 is 4.74 Å². The average molecular weight is 410 g/mol. The Kier molecular flexibility index (Phi) is 4.26. The van der Waals surface area contributed by atoms with Crippen molar-refractivity contribution in [2.24, 2.45) is 7.05 Å². The van der Waals surface area contributed by atoms with Gasteiger partial charge in [-0.05, 0) is 29.3 Å². The van der Waals surface area contributed by atoms with Crippen molar-refractivity contribution in [3.8, 4) is 16.9 Å². The molecule has 0 radical (unpaired) electrons. The van der Waals surface area contributed by atoms with E-state index in [1.807, 2.05) is 55.8 Å². The third kappa shape index (κ3) is 2.96. The fourth-order valence-corrected chi connectivity index (χ4v) is 6.87. The summed E-state index contributed by atoms with van der Waals surface area (Å²) >= 11 is 0. The number of aryl methyl sites for hydroxylation is 1. The molecule has 2 aliphatic heterocycles. The molecule has 0 amide bonds. The molecule has 7 heteroatoms. The third-order valence-corrected chi connectivity index (χ3v) is 8.34. The van der Waals surface area contributed by atoms with Crippen LogP contribution in [-0.2, 0) is 23.4 Å². The van der Waals surface area contributed by atoms with Gasteiger partial charge in [-0.15, -0.1) is 0 Å². The first kappa shape index (κ1) is 18.4. The Morgan fingerprint density at radius 3 is 2.72 bits per heavy atom. The van der Waals surface area contributed by atoms with Crippen LogP contribution >= 0.6 is 0 Å². The summed E-state index contributed by atoms with van der Waals surface area (Å²) in [4.78, 5) is 2.72. The van der Waals surface area contributed by atoms with Crippen LogP contribution in [0.4, 0.5) is 0 Å². The van der Waals surface area contributed by atoms with E-state index in [0.29, 0.717) is 18.0 Å². The van der Waals surface area contributed by atoms with Crippen LogP contribution < -0.4 is 4.74 Å². The first-order chi connectivity index (χ1) is 14.0. The maximum absolute atomic E-state index is 13.2. The Balaban J connectivity index is 1.47. The Bertz CT molecular complexity index is 1190. The molecule has 0 N–H and O–H groups in total. The number of fused-ring (bicyclic) bond motifs is 3. The molecular formula is C22H23N3O3S. The SMILES string of the molecule is COc1ccccc1CN1C[C@H]2c3cc(-c4cnn(C)c4)ccc3S(=O)(=O)[C@H]2C1. The molecule has 2 aliphatic rings. The van der Waals surface area contributed by atoms with E-state index >= 15 is 0 Å². The fraction of sp³-hybridized carbons (Fsp3) is 0.318. The van der Waals surface area contributed by atoms with Gasteiger partial charge in [-0.2, -0.15) is 5.10 Å². The molecule has 2 aromatic carbocycles. The lowest BCUT2D eigenvalue weighted by molar-refractivity contribution is 0.316. The summed E-state index contributed by atoms with van der Waals surface area (Å²) in [5.41, 5.74) is 4.03. The Hall–Kier alpha value is -2.64. The standard InChI is InChI=1S/C22H23N3O3S/c1-24-11-17(10-23-24)15-7-8-21-18(9-15)19-13-25(14-22(19)29(21,26)27)12-16-5-3-4-6-20(16)28-2/h3-11,19,22H,12-14H2,1-2H3/t19-,22-/m0/s1. The number of rotatable bonds is 4. The molecule has 0 bridgehead atoms. The zero-order chi connectivity index (χ0) is 20.2. The normalized spacial score (nSPS) is 22.4. The van der Waals surface area contributed by atoms with Gasteiger partial charge in [0.15, 0.2) is 9.84 Å². The molecule has 2 atom stereocenters. The highest BCUT2D eigenvalue weighted by Crippen LogP contribution is 2.46. The number of para-hydroxylation sites is 1. The first-order valence-corrected chi connectivity index (χ1v) is 11.2. The molecule has 1 fully saturated rings. The lowest BCUT2D eigenvalue weighted by atomic mass is 9.95. The van der Waals surface area contributed by atoms with Gasteiger partial charge in [0.1, 0.15) is 5.75 Å². The van der Waals surface area contributed by atoms with Gasteiger partial charge in [0, 0.05) is 49.9 Å². The van der Waals surface area contributed by atoms with Gasteiger partial charge in [-0.3, -0.25) is 9.58 Å². The van der Waals surface area contributed by atoms with Crippen molar-refractivity contribution in [2.45, 2.75) is 22.6 Å². The predicted octanol–water partition coefficient (Wildman–Crippen LogP) is 2.85. The van der Waals surface area contributed by atoms with Crippen LogP contribution in [0.1, 0.15) is 17.0 Å². The lowest BCUT2D eigenvalue weighted by Gasteiger charge is -2.19. The number of hydrogen-bond acceptors (Lipinski definition) is 5. The van der Waals surface area contributed by atoms with Crippen molar-refractivity contribution < 1.29 is 13.2 Å². The number of methoxy groups -OCH3 is 1. The molecule has 150 valence electrons. The second kappa shape index (κ2) is 6.71. The van der Waals surface area contributed by atoms with Crippen LogP contribution in [0.3, 0.4) is 0 Å². The minimum Gasteiger partial charge on any atom is -0.496 e. The smallest absolute Gasteiger partial charge is 0.183 e. The lowest BCUT2D eigenvalue weighted by Crippen LogP contribution is -2.26. The molecule has 0 aliphatic carbocycles. The molecule has 0 unspecified atom stereocenters. The van der Waals surface area contributed by atoms with Crippen molar-refractivity contribution in [1.29, 1.82) is 0 Å². The van der Waals surface area contributed by atoms with Gasteiger partial charge >= 0.3 is 0 Å². The number of sulfone groups is 1. The molecule has 0 spiro atoms. The molecule has 3 aromatic rings. The van der Waals surface area contributed by atoms with E-state index in [2.05, 4.69) is 10.00 Å². The van der Waals surface area contributed by atoms with Gasteiger partial charge in [0.05, 0.1) is 23.5 Å². The van der Waals surface area contributed by atoms with Crippen LogP contribution in [0.2, 0.25) is 0 Å². The molecule has 3 heterocycles. The van der Waals surface area contributed by atoms with Crippen LogP contribution in [0.5, 0.6) is 5.75 Å². The Labute approximate surface area is 170 Å². The summed E-state index contributed by atoms with van der Waals surface area (Å²) in [5, 5.41) is 3.86. The topological polar surface area (TPSA) is 64.4 Å². The molecule has 29 heavy (non-hydrogen) atoms. The van der Waals surface area contributed by atoms with Crippen molar-refractivity contribution in [1.82, 2.24) is 14.7 Å². The highest BCUT2D eigenvalue weighted by atomic mass is 32.2. The molecule has 1 aromatic heterocycles. The van der Waals surface area contributed by atoms with Crippen molar-refractivity contribution in [2.75, 3.05) is 20.2 Å². The summed E-state index contributed by atoms with van der Waals surface area (Å²) in [5.74, 6) is 0.841. The van der Waals surface area contributed by atoms with Crippen molar-refractivity contribution >= 4 is 9.84 Å². The van der Waals surface area contributed by atoms with Crippen LogP contribution in [0, 0.1) is 0 Å². The van der Waals surface area contributed by atoms with Crippen LogP contribution in [0.15, 0.2) is 59.8 Å². The van der Waals surface area contributed by atoms with Crippen molar-refractivity contribution in [3.05, 3.63) is 66.0 Å². The van der Waals surface area contributed by atoms with E-state index < -0.39 is 9.84 Å². The summed E-state index contributed by atoms with van der Waals surface area (Å²) in [6.07, 6.45) is 3.76. The monoisotopic (exact) mass is 409 g/mol. The fourth-order valence-electron chi connectivity index (χ4n) is 4.68. The van der Waals surface area contributed by atoms with E-state index in [9.17, 15) is 8.42 Å². The second-order valence-electron chi connectivity index (χ2n) is 7.85. The first-order valence-electron chi connectivity index (χ1n) is 9.68. The summed E-state index contributed by atoms with van der Waals surface area (Å²) in [7, 11) is 0.232. The van der Waals surface area contributed by atoms with Crippen LogP contribution in [-0.4, -0.2) is 48.5 Å². The zero-order valence-electron chi connectivity index (χ0n) is 16.4. The van der Waals surface area contributed by atoms with Crippen LogP contribution in [0.25, 0.3) is 11.1 Å². The number of hydrogen-bond donors (Lipinski definition) is 0. The maximum atomic E-state index is 13.2. The largest absolute Gasteiger partial charge is 0.496 e. The summed E-state index contributed by atoms with van der Waals surface area (Å²) in [6, 6.07) is 13.6. The number of ether oxygens (including phenoxy) is 1. The molecule has 1 saturated heterocycles. The van der Waals surface area contributed by atoms with E-state index in [1.165, 1.54) is 0 Å². The highest BCUT2D eigenvalue weighted by Gasteiger charge is 2.50. The van der Waals surface area contributed by atoms with E-state index in [0.717, 1.165) is 34.5 Å². The quantitative estimate of drug-likeness (QED) is 0.663. The number of aromatic nitrogens is 2. The summed E-state index contributed by atoms with van der Waals surface area (Å²) in [6.45, 7) is 1.96. The maximum Gasteiger partial charge on any atom is 0.183 e. The summed E-state index contributed by atoms with van der Waals surface area (Å²) < 4.78 is 33.6. The molecule has 0 saturated carbocycles. The van der Waals surface area contributed by atoms with Gasteiger partial charge in [-0.25, -0.2) is 8.42 Å². The van der Waals surface area contributed by atoms with E-state index in [-0.39, 0.29) is 11.2 Å².